The van der Waals surface area contributed by atoms with Gasteiger partial charge in [-0.3, -0.25) is 0 Å². The largest absolute Gasteiger partial charge is 0.360 e. The first-order valence-electron chi connectivity index (χ1n) is 9.64. The average Bonchev–Trinajstić information content (AvgIpc) is 3.23. The Kier molecular flexibility index (Phi) is 4.92. The molecule has 1 unspecified atom stereocenters. The first kappa shape index (κ1) is 16.8. The van der Waals surface area contributed by atoms with E-state index in [1.165, 1.54) is 38.5 Å². The van der Waals surface area contributed by atoms with Gasteiger partial charge in [0, 0.05) is 38.3 Å². The Balaban J connectivity index is 1.56. The lowest BCUT2D eigenvalue weighted by atomic mass is 10.0. The van der Waals surface area contributed by atoms with Gasteiger partial charge in [0.1, 0.15) is 11.6 Å². The highest BCUT2D eigenvalue weighted by atomic mass is 32.1. The van der Waals surface area contributed by atoms with E-state index in [0.717, 1.165) is 37.8 Å². The molecule has 1 aromatic heterocycles. The molecule has 0 bridgehead atoms. The highest BCUT2D eigenvalue weighted by Crippen LogP contribution is 2.27. The van der Waals surface area contributed by atoms with Gasteiger partial charge >= 0.3 is 0 Å². The summed E-state index contributed by atoms with van der Waals surface area (Å²) in [4.78, 5) is 14.3. The molecule has 25 heavy (non-hydrogen) atoms. The lowest BCUT2D eigenvalue weighted by Gasteiger charge is -2.32. The maximum absolute atomic E-state index is 5.42. The summed E-state index contributed by atoms with van der Waals surface area (Å²) in [5.41, 5.74) is 0. The van der Waals surface area contributed by atoms with Crippen LogP contribution < -0.4 is 20.4 Å². The fourth-order valence-corrected chi connectivity index (χ4v) is 3.95. The number of piperidine rings is 1. The Morgan fingerprint density at radius 2 is 1.72 bits per heavy atom. The summed E-state index contributed by atoms with van der Waals surface area (Å²) < 4.78 is 0. The summed E-state index contributed by atoms with van der Waals surface area (Å²) in [6.45, 7) is 6.63. The zero-order valence-corrected chi connectivity index (χ0v) is 15.8. The van der Waals surface area contributed by atoms with Gasteiger partial charge in [0.25, 0.3) is 0 Å². The first-order valence-corrected chi connectivity index (χ1v) is 10.0. The van der Waals surface area contributed by atoms with Crippen molar-refractivity contribution in [3.8, 4) is 0 Å². The van der Waals surface area contributed by atoms with E-state index < -0.39 is 0 Å². The van der Waals surface area contributed by atoms with Crippen LogP contribution >= 0.6 is 12.2 Å². The van der Waals surface area contributed by atoms with Gasteiger partial charge in [0.05, 0.1) is 0 Å². The predicted octanol–water partition coefficient (Wildman–Crippen LogP) is 2.76. The number of nitrogens with zero attached hydrogens (tertiary/aromatic N) is 4. The minimum atomic E-state index is 0.532. The molecule has 2 aliphatic heterocycles. The average molecular weight is 361 g/mol. The Bertz CT molecular complexity index is 626. The molecule has 1 aromatic rings. The fraction of sp³-hybridized carbons (Fsp3) is 0.722. The van der Waals surface area contributed by atoms with Gasteiger partial charge in [-0.2, -0.15) is 9.97 Å². The van der Waals surface area contributed by atoms with E-state index in [1.54, 1.807) is 0 Å². The number of anilines is 3. The minimum Gasteiger partial charge on any atom is -0.360 e. The van der Waals surface area contributed by atoms with Crippen LogP contribution in [0.4, 0.5) is 17.6 Å². The summed E-state index contributed by atoms with van der Waals surface area (Å²) in [5.74, 6) is 3.39. The van der Waals surface area contributed by atoms with Crippen molar-refractivity contribution in [1.82, 2.24) is 15.3 Å². The number of aromatic nitrogens is 2. The molecule has 2 saturated heterocycles. The van der Waals surface area contributed by atoms with Gasteiger partial charge in [0.15, 0.2) is 5.11 Å². The molecule has 1 aliphatic carbocycles. The van der Waals surface area contributed by atoms with Crippen molar-refractivity contribution in [2.24, 2.45) is 5.92 Å². The number of rotatable bonds is 4. The quantitative estimate of drug-likeness (QED) is 0.801. The lowest BCUT2D eigenvalue weighted by molar-refractivity contribution is 0.444. The van der Waals surface area contributed by atoms with E-state index >= 15 is 0 Å². The third-order valence-corrected chi connectivity index (χ3v) is 5.47. The molecule has 1 saturated carbocycles. The van der Waals surface area contributed by atoms with Gasteiger partial charge < -0.3 is 20.4 Å². The van der Waals surface area contributed by atoms with Crippen LogP contribution in [0.3, 0.4) is 0 Å². The molecule has 6 nitrogen and oxygen atoms in total. The van der Waals surface area contributed by atoms with Gasteiger partial charge in [-0.05, 0) is 56.7 Å². The van der Waals surface area contributed by atoms with Crippen LogP contribution in [0.2, 0.25) is 0 Å². The Labute approximate surface area is 155 Å². The molecular formula is C18H28N6S. The molecule has 0 aromatic carbocycles. The molecule has 1 atom stereocenters. The van der Waals surface area contributed by atoms with Crippen molar-refractivity contribution in [1.29, 1.82) is 0 Å². The summed E-state index contributed by atoms with van der Waals surface area (Å²) >= 11 is 5.42. The van der Waals surface area contributed by atoms with Crippen molar-refractivity contribution in [2.75, 3.05) is 41.3 Å². The SMILES string of the molecule is CC1CCCN(c2cc(N3CCCC3)nc(NC(=S)NC3CC3)n2)C1. The second-order valence-electron chi connectivity index (χ2n) is 7.67. The van der Waals surface area contributed by atoms with E-state index in [4.69, 9.17) is 22.2 Å². The van der Waals surface area contributed by atoms with Gasteiger partial charge in [-0.1, -0.05) is 6.92 Å². The van der Waals surface area contributed by atoms with Crippen LogP contribution in [0.1, 0.15) is 45.4 Å². The molecule has 0 radical (unpaired) electrons. The number of thiocarbonyl (C=S) groups is 1. The lowest BCUT2D eigenvalue weighted by Crippen LogP contribution is -2.36. The summed E-state index contributed by atoms with van der Waals surface area (Å²) in [6, 6.07) is 2.69. The Morgan fingerprint density at radius 3 is 2.40 bits per heavy atom. The molecule has 3 aliphatic rings. The van der Waals surface area contributed by atoms with E-state index in [0.29, 0.717) is 23.0 Å². The Hall–Kier alpha value is -1.63. The van der Waals surface area contributed by atoms with Crippen LogP contribution in [0.25, 0.3) is 0 Å². The van der Waals surface area contributed by atoms with E-state index in [2.05, 4.69) is 33.4 Å². The highest BCUT2D eigenvalue weighted by Gasteiger charge is 2.24. The van der Waals surface area contributed by atoms with Crippen molar-refractivity contribution < 1.29 is 0 Å². The molecule has 3 fully saturated rings. The van der Waals surface area contributed by atoms with Gasteiger partial charge in [-0.25, -0.2) is 0 Å². The molecule has 0 amide bonds. The van der Waals surface area contributed by atoms with Crippen molar-refractivity contribution in [2.45, 2.75) is 51.5 Å². The van der Waals surface area contributed by atoms with Crippen LogP contribution in [0.5, 0.6) is 0 Å². The molecule has 3 heterocycles. The monoisotopic (exact) mass is 360 g/mol. The van der Waals surface area contributed by atoms with E-state index in [1.807, 2.05) is 0 Å². The summed E-state index contributed by atoms with van der Waals surface area (Å²) in [7, 11) is 0. The topological polar surface area (TPSA) is 56.3 Å². The van der Waals surface area contributed by atoms with Gasteiger partial charge in [0.2, 0.25) is 5.95 Å². The fourth-order valence-electron chi connectivity index (χ4n) is 3.70. The van der Waals surface area contributed by atoms with Crippen LogP contribution in [-0.4, -0.2) is 47.3 Å². The van der Waals surface area contributed by atoms with E-state index in [-0.39, 0.29) is 0 Å². The van der Waals surface area contributed by atoms with Crippen molar-refractivity contribution >= 4 is 34.9 Å². The second kappa shape index (κ2) is 7.32. The van der Waals surface area contributed by atoms with E-state index in [9.17, 15) is 0 Å². The predicted molar refractivity (Wildman–Crippen MR) is 106 cm³/mol. The van der Waals surface area contributed by atoms with Crippen LogP contribution in [0, 0.1) is 5.92 Å². The number of nitrogens with one attached hydrogen (secondary N) is 2. The zero-order chi connectivity index (χ0) is 17.2. The van der Waals surface area contributed by atoms with Crippen molar-refractivity contribution in [3.05, 3.63) is 6.07 Å². The van der Waals surface area contributed by atoms with Crippen LogP contribution in [0.15, 0.2) is 6.07 Å². The number of hydrogen-bond acceptors (Lipinski definition) is 5. The molecule has 0 spiro atoms. The third-order valence-electron chi connectivity index (χ3n) is 5.25. The zero-order valence-electron chi connectivity index (χ0n) is 15.0. The Morgan fingerprint density at radius 1 is 1.04 bits per heavy atom. The number of hydrogen-bond donors (Lipinski definition) is 2. The van der Waals surface area contributed by atoms with Gasteiger partial charge in [-0.15, -0.1) is 0 Å². The molecule has 4 rings (SSSR count). The molecule has 7 heteroatoms. The third kappa shape index (κ3) is 4.32. The van der Waals surface area contributed by atoms with Crippen molar-refractivity contribution in [3.63, 3.8) is 0 Å². The second-order valence-corrected chi connectivity index (χ2v) is 8.08. The minimum absolute atomic E-state index is 0.532. The highest BCUT2D eigenvalue weighted by molar-refractivity contribution is 7.80. The maximum Gasteiger partial charge on any atom is 0.232 e. The summed E-state index contributed by atoms with van der Waals surface area (Å²) in [5, 5.41) is 7.16. The molecule has 136 valence electrons. The normalized spacial score (nSPS) is 23.6. The van der Waals surface area contributed by atoms with Crippen LogP contribution in [-0.2, 0) is 0 Å². The molecular weight excluding hydrogens is 332 g/mol. The molecule has 2 N–H and O–H groups in total. The summed E-state index contributed by atoms with van der Waals surface area (Å²) in [6.07, 6.45) is 7.42. The standard InChI is InChI=1S/C18H28N6S/c1-13-5-4-10-24(12-13)16-11-15(23-8-2-3-9-23)20-17(21-16)22-18(25)19-14-6-7-14/h11,13-14H,2-10,12H2,1H3,(H2,19,20,21,22,25). The first-order chi connectivity index (χ1) is 12.2. The maximum atomic E-state index is 5.42. The smallest absolute Gasteiger partial charge is 0.232 e.